The summed E-state index contributed by atoms with van der Waals surface area (Å²) in [6.07, 6.45) is 5.26. The first-order valence-electron chi connectivity index (χ1n) is 7.88. The fourth-order valence-electron chi connectivity index (χ4n) is 2.64. The number of piperidine rings is 1. The molecule has 2 rings (SSSR count). The first kappa shape index (κ1) is 16.3. The second-order valence-corrected chi connectivity index (χ2v) is 6.00. The van der Waals surface area contributed by atoms with Crippen LogP contribution in [0.5, 0.6) is 5.75 Å². The Kier molecular flexibility index (Phi) is 6.52. The molecule has 0 aromatic heterocycles. The number of rotatable bonds is 7. The molecule has 0 unspecified atom stereocenters. The molecule has 1 aliphatic rings. The van der Waals surface area contributed by atoms with Crippen LogP contribution in [0, 0.1) is 0 Å². The van der Waals surface area contributed by atoms with Gasteiger partial charge in [-0.25, -0.2) is 0 Å². The van der Waals surface area contributed by atoms with Gasteiger partial charge >= 0.3 is 0 Å². The van der Waals surface area contributed by atoms with E-state index in [0.717, 1.165) is 26.1 Å². The lowest BCUT2D eigenvalue weighted by atomic mass is 10.1. The van der Waals surface area contributed by atoms with Gasteiger partial charge in [0.15, 0.2) is 5.78 Å². The van der Waals surface area contributed by atoms with E-state index >= 15 is 0 Å². The lowest BCUT2D eigenvalue weighted by Gasteiger charge is -2.26. The van der Waals surface area contributed by atoms with Crippen LogP contribution in [-0.2, 0) is 0 Å². The van der Waals surface area contributed by atoms with Crippen molar-refractivity contribution in [3.8, 4) is 5.75 Å². The van der Waals surface area contributed by atoms with E-state index in [1.807, 2.05) is 6.92 Å². The topological polar surface area (TPSA) is 29.5 Å². The van der Waals surface area contributed by atoms with Crippen molar-refractivity contribution >= 4 is 17.4 Å². The summed E-state index contributed by atoms with van der Waals surface area (Å²) in [6.45, 7) is 5.73. The summed E-state index contributed by atoms with van der Waals surface area (Å²) in [4.78, 5) is 14.8. The maximum absolute atomic E-state index is 12.5. The molecule has 1 fully saturated rings. The molecule has 0 aliphatic carbocycles. The normalized spacial score (nSPS) is 15.9. The van der Waals surface area contributed by atoms with E-state index in [2.05, 4.69) is 4.90 Å². The summed E-state index contributed by atoms with van der Waals surface area (Å²) >= 11 is 6.03. The van der Waals surface area contributed by atoms with Gasteiger partial charge in [-0.15, -0.1) is 0 Å². The average Bonchev–Trinajstić information content (AvgIpc) is 2.52. The van der Waals surface area contributed by atoms with Gasteiger partial charge in [0.2, 0.25) is 0 Å². The molecule has 0 amide bonds. The van der Waals surface area contributed by atoms with Gasteiger partial charge in [0.05, 0.1) is 12.2 Å². The van der Waals surface area contributed by atoms with Crippen LogP contribution in [0.4, 0.5) is 0 Å². The van der Waals surface area contributed by atoms with Gasteiger partial charge in [0.25, 0.3) is 0 Å². The Bertz CT molecular complexity index is 470. The Morgan fingerprint density at radius 1 is 1.29 bits per heavy atom. The second kappa shape index (κ2) is 8.40. The van der Waals surface area contributed by atoms with Crippen molar-refractivity contribution in [2.45, 2.75) is 39.0 Å². The monoisotopic (exact) mass is 309 g/mol. The van der Waals surface area contributed by atoms with E-state index in [1.165, 1.54) is 19.3 Å². The minimum Gasteiger partial charge on any atom is -0.493 e. The number of likely N-dealkylation sites (tertiary alicyclic amines) is 1. The molecule has 1 heterocycles. The van der Waals surface area contributed by atoms with Crippen molar-refractivity contribution in [3.63, 3.8) is 0 Å². The van der Waals surface area contributed by atoms with Crippen LogP contribution in [0.2, 0.25) is 5.02 Å². The van der Waals surface area contributed by atoms with E-state index < -0.39 is 0 Å². The number of carbonyl (C=O) groups is 1. The van der Waals surface area contributed by atoms with Gasteiger partial charge in [-0.2, -0.15) is 0 Å². The first-order valence-corrected chi connectivity index (χ1v) is 8.26. The molecule has 0 radical (unpaired) electrons. The van der Waals surface area contributed by atoms with Gasteiger partial charge in [0.1, 0.15) is 5.75 Å². The predicted molar refractivity (Wildman–Crippen MR) is 86.5 cm³/mol. The highest BCUT2D eigenvalue weighted by atomic mass is 35.5. The summed E-state index contributed by atoms with van der Waals surface area (Å²) in [5.41, 5.74) is 0.618. The molecule has 0 atom stereocenters. The molecule has 1 aliphatic heterocycles. The molecule has 1 aromatic rings. The van der Waals surface area contributed by atoms with Crippen LogP contribution >= 0.6 is 11.6 Å². The van der Waals surface area contributed by atoms with Crippen molar-refractivity contribution < 1.29 is 9.53 Å². The van der Waals surface area contributed by atoms with Crippen molar-refractivity contribution in [2.75, 3.05) is 26.2 Å². The minimum atomic E-state index is 0.120. The predicted octanol–water partition coefficient (Wildman–Crippen LogP) is 4.19. The highest BCUT2D eigenvalue weighted by molar-refractivity contribution is 6.31. The summed E-state index contributed by atoms with van der Waals surface area (Å²) < 4.78 is 5.66. The number of ketones is 1. The van der Waals surface area contributed by atoms with E-state index in [1.54, 1.807) is 18.2 Å². The molecule has 116 valence electrons. The number of carbonyl (C=O) groups excluding carboxylic acids is 1. The fraction of sp³-hybridized carbons (Fsp3) is 0.588. The van der Waals surface area contributed by atoms with E-state index in [0.29, 0.717) is 29.4 Å². The Morgan fingerprint density at radius 3 is 2.76 bits per heavy atom. The van der Waals surface area contributed by atoms with Crippen molar-refractivity contribution in [2.24, 2.45) is 0 Å². The quantitative estimate of drug-likeness (QED) is 0.707. The zero-order chi connectivity index (χ0) is 15.1. The Labute approximate surface area is 132 Å². The summed E-state index contributed by atoms with van der Waals surface area (Å²) in [5, 5.41) is 0.583. The van der Waals surface area contributed by atoms with Crippen LogP contribution in [0.3, 0.4) is 0 Å². The van der Waals surface area contributed by atoms with Crippen molar-refractivity contribution in [3.05, 3.63) is 28.8 Å². The lowest BCUT2D eigenvalue weighted by molar-refractivity contribution is 0.0954. The largest absolute Gasteiger partial charge is 0.493 e. The number of halogens is 1. The van der Waals surface area contributed by atoms with Crippen LogP contribution in [0.15, 0.2) is 18.2 Å². The first-order chi connectivity index (χ1) is 10.2. The Hall–Kier alpha value is -1.06. The third kappa shape index (κ3) is 5.01. The van der Waals surface area contributed by atoms with Crippen LogP contribution in [0.1, 0.15) is 49.4 Å². The molecular formula is C17H24ClNO2. The zero-order valence-corrected chi connectivity index (χ0v) is 13.5. The molecule has 1 saturated heterocycles. The molecular weight excluding hydrogens is 286 g/mol. The highest BCUT2D eigenvalue weighted by Crippen LogP contribution is 2.25. The number of hydrogen-bond donors (Lipinski definition) is 0. The molecule has 4 heteroatoms. The summed E-state index contributed by atoms with van der Waals surface area (Å²) in [5.74, 6) is 0.777. The van der Waals surface area contributed by atoms with E-state index in [9.17, 15) is 4.79 Å². The summed E-state index contributed by atoms with van der Waals surface area (Å²) in [6, 6.07) is 5.30. The molecule has 0 bridgehead atoms. The number of hydrogen-bond acceptors (Lipinski definition) is 3. The fourth-order valence-corrected chi connectivity index (χ4v) is 2.81. The van der Waals surface area contributed by atoms with Crippen LogP contribution in [0.25, 0.3) is 0 Å². The van der Waals surface area contributed by atoms with Gasteiger partial charge in [-0.1, -0.05) is 24.9 Å². The number of nitrogens with zero attached hydrogens (tertiary/aromatic N) is 1. The van der Waals surface area contributed by atoms with E-state index in [-0.39, 0.29) is 5.78 Å². The summed E-state index contributed by atoms with van der Waals surface area (Å²) in [7, 11) is 0. The number of Topliss-reactive ketones (excluding diaryl/α,β-unsaturated/α-hetero) is 1. The molecule has 3 nitrogen and oxygen atoms in total. The molecule has 1 aromatic carbocycles. The molecule has 0 N–H and O–H groups in total. The number of benzene rings is 1. The standard InChI is InChI=1S/C17H24ClNO2/c1-2-12-21-17-7-6-14(18)13-15(17)16(20)8-11-19-9-4-3-5-10-19/h6-7,13H,2-5,8-12H2,1H3. The SMILES string of the molecule is CCCOc1ccc(Cl)cc1C(=O)CCN1CCCCC1. The van der Waals surface area contributed by atoms with Gasteiger partial charge < -0.3 is 9.64 Å². The molecule has 21 heavy (non-hydrogen) atoms. The highest BCUT2D eigenvalue weighted by Gasteiger charge is 2.16. The van der Waals surface area contributed by atoms with Crippen molar-refractivity contribution in [1.29, 1.82) is 0 Å². The van der Waals surface area contributed by atoms with Gasteiger partial charge in [-0.05, 0) is 50.6 Å². The molecule has 0 spiro atoms. The van der Waals surface area contributed by atoms with Crippen LogP contribution in [-0.4, -0.2) is 36.9 Å². The third-order valence-electron chi connectivity index (χ3n) is 3.81. The molecule has 0 saturated carbocycles. The minimum absolute atomic E-state index is 0.120. The Morgan fingerprint density at radius 2 is 2.05 bits per heavy atom. The van der Waals surface area contributed by atoms with Gasteiger partial charge in [0, 0.05) is 18.0 Å². The lowest BCUT2D eigenvalue weighted by Crippen LogP contribution is -2.31. The average molecular weight is 310 g/mol. The maximum Gasteiger partial charge on any atom is 0.167 e. The second-order valence-electron chi connectivity index (χ2n) is 5.56. The third-order valence-corrected chi connectivity index (χ3v) is 4.04. The van der Waals surface area contributed by atoms with Crippen molar-refractivity contribution in [1.82, 2.24) is 4.90 Å². The van der Waals surface area contributed by atoms with Crippen LogP contribution < -0.4 is 4.74 Å². The maximum atomic E-state index is 12.5. The van der Waals surface area contributed by atoms with Gasteiger partial charge in [-0.3, -0.25) is 4.79 Å². The Balaban J connectivity index is 1.97. The smallest absolute Gasteiger partial charge is 0.167 e. The zero-order valence-electron chi connectivity index (χ0n) is 12.7. The van der Waals surface area contributed by atoms with E-state index in [4.69, 9.17) is 16.3 Å². The number of ether oxygens (including phenoxy) is 1.